The zero-order valence-corrected chi connectivity index (χ0v) is 14.2. The first-order valence-corrected chi connectivity index (χ1v) is 8.97. The Morgan fingerprint density at radius 1 is 1.35 bits per heavy atom. The molecule has 5 nitrogen and oxygen atoms in total. The maximum absolute atomic E-state index is 12.7. The topological polar surface area (TPSA) is 58.1 Å². The van der Waals surface area contributed by atoms with E-state index < -0.39 is 0 Å². The Labute approximate surface area is 140 Å². The Balaban J connectivity index is 1.70. The predicted octanol–water partition coefficient (Wildman–Crippen LogP) is 3.67. The van der Waals surface area contributed by atoms with Crippen LogP contribution in [0.25, 0.3) is 0 Å². The molecule has 1 aliphatic heterocycles. The van der Waals surface area contributed by atoms with Crippen LogP contribution in [0, 0.1) is 6.92 Å². The average Bonchev–Trinajstić information content (AvgIpc) is 2.85. The minimum absolute atomic E-state index is 0.00145. The summed E-state index contributed by atoms with van der Waals surface area (Å²) in [7, 11) is 0. The van der Waals surface area contributed by atoms with Crippen molar-refractivity contribution in [2.75, 3.05) is 6.54 Å². The monoisotopic (exact) mass is 330 g/mol. The van der Waals surface area contributed by atoms with Crippen molar-refractivity contribution in [3.8, 4) is 0 Å². The van der Waals surface area contributed by atoms with Crippen molar-refractivity contribution in [3.63, 3.8) is 0 Å². The Morgan fingerprint density at radius 3 is 2.91 bits per heavy atom. The van der Waals surface area contributed by atoms with Crippen LogP contribution in [-0.4, -0.2) is 27.4 Å². The lowest BCUT2D eigenvalue weighted by Gasteiger charge is -2.30. The lowest BCUT2D eigenvalue weighted by molar-refractivity contribution is 0.175. The Morgan fingerprint density at radius 2 is 2.17 bits per heavy atom. The molecule has 2 aromatic heterocycles. The number of carbonyl (C=O) groups excluding carboxylic acids is 1. The standard InChI is InChI=1S/C17H22N4OS/c1-13-12-23-16(20-13)11-19-17(22)21-10-4-2-3-5-15(21)14-6-8-18-9-7-14/h6-9,12,15H,2-5,10-11H2,1H3,(H,19,22)/t15-/m0/s1. The molecule has 3 heterocycles. The summed E-state index contributed by atoms with van der Waals surface area (Å²) < 4.78 is 0. The number of hydrogen-bond donors (Lipinski definition) is 1. The van der Waals surface area contributed by atoms with Crippen LogP contribution in [0.3, 0.4) is 0 Å². The highest BCUT2D eigenvalue weighted by Gasteiger charge is 2.26. The van der Waals surface area contributed by atoms with Gasteiger partial charge >= 0.3 is 6.03 Å². The van der Waals surface area contributed by atoms with Crippen LogP contribution in [-0.2, 0) is 6.54 Å². The van der Waals surface area contributed by atoms with Crippen LogP contribution in [0.1, 0.15) is 48.0 Å². The molecule has 1 aliphatic rings. The van der Waals surface area contributed by atoms with E-state index in [0.29, 0.717) is 6.54 Å². The summed E-state index contributed by atoms with van der Waals surface area (Å²) in [5.41, 5.74) is 2.17. The van der Waals surface area contributed by atoms with Gasteiger partial charge in [-0.2, -0.15) is 0 Å². The maximum Gasteiger partial charge on any atom is 0.318 e. The smallest absolute Gasteiger partial charge is 0.318 e. The highest BCUT2D eigenvalue weighted by molar-refractivity contribution is 7.09. The number of carbonyl (C=O) groups is 1. The summed E-state index contributed by atoms with van der Waals surface area (Å²) >= 11 is 1.59. The molecule has 0 aromatic carbocycles. The molecule has 1 fully saturated rings. The van der Waals surface area contributed by atoms with Crippen LogP contribution in [0.4, 0.5) is 4.79 Å². The molecule has 0 unspecified atom stereocenters. The number of amides is 2. The molecule has 0 saturated carbocycles. The molecule has 1 atom stereocenters. The molecule has 3 rings (SSSR count). The van der Waals surface area contributed by atoms with Gasteiger partial charge in [0.25, 0.3) is 0 Å². The number of urea groups is 1. The van der Waals surface area contributed by atoms with E-state index in [2.05, 4.69) is 15.3 Å². The number of likely N-dealkylation sites (tertiary alicyclic amines) is 1. The van der Waals surface area contributed by atoms with Crippen LogP contribution >= 0.6 is 11.3 Å². The number of thiazole rings is 1. The van der Waals surface area contributed by atoms with Crippen molar-refractivity contribution < 1.29 is 4.79 Å². The van der Waals surface area contributed by atoms with Gasteiger partial charge < -0.3 is 10.2 Å². The van der Waals surface area contributed by atoms with E-state index in [1.54, 1.807) is 23.7 Å². The molecule has 122 valence electrons. The third kappa shape index (κ3) is 4.07. The van der Waals surface area contributed by atoms with Crippen LogP contribution in [0.15, 0.2) is 29.9 Å². The molecule has 23 heavy (non-hydrogen) atoms. The number of aryl methyl sites for hydroxylation is 1. The molecular weight excluding hydrogens is 308 g/mol. The minimum atomic E-state index is 0.00145. The van der Waals surface area contributed by atoms with Crippen molar-refractivity contribution in [1.29, 1.82) is 0 Å². The van der Waals surface area contributed by atoms with E-state index in [1.807, 2.05) is 29.3 Å². The van der Waals surface area contributed by atoms with Gasteiger partial charge in [-0.3, -0.25) is 4.98 Å². The van der Waals surface area contributed by atoms with Gasteiger partial charge in [-0.15, -0.1) is 11.3 Å². The van der Waals surface area contributed by atoms with Gasteiger partial charge in [-0.1, -0.05) is 12.8 Å². The van der Waals surface area contributed by atoms with E-state index in [0.717, 1.165) is 36.5 Å². The largest absolute Gasteiger partial charge is 0.331 e. The first-order valence-electron chi connectivity index (χ1n) is 8.09. The molecule has 0 spiro atoms. The third-order valence-corrected chi connectivity index (χ3v) is 5.13. The Hall–Kier alpha value is -1.95. The van der Waals surface area contributed by atoms with Crippen LogP contribution in [0.2, 0.25) is 0 Å². The van der Waals surface area contributed by atoms with Gasteiger partial charge in [0, 0.05) is 30.0 Å². The lowest BCUT2D eigenvalue weighted by atomic mass is 10.0. The second-order valence-electron chi connectivity index (χ2n) is 5.88. The molecule has 0 bridgehead atoms. The molecule has 1 saturated heterocycles. The molecule has 0 aliphatic carbocycles. The third-order valence-electron chi connectivity index (χ3n) is 4.16. The fourth-order valence-corrected chi connectivity index (χ4v) is 3.73. The fourth-order valence-electron chi connectivity index (χ4n) is 3.02. The summed E-state index contributed by atoms with van der Waals surface area (Å²) in [5, 5.41) is 5.99. The second-order valence-corrected chi connectivity index (χ2v) is 6.82. The number of aromatic nitrogens is 2. The van der Waals surface area contributed by atoms with E-state index in [-0.39, 0.29) is 12.1 Å². The van der Waals surface area contributed by atoms with Gasteiger partial charge in [-0.25, -0.2) is 9.78 Å². The lowest BCUT2D eigenvalue weighted by Crippen LogP contribution is -2.41. The predicted molar refractivity (Wildman–Crippen MR) is 91.2 cm³/mol. The minimum Gasteiger partial charge on any atom is -0.331 e. The van der Waals surface area contributed by atoms with E-state index in [4.69, 9.17) is 0 Å². The van der Waals surface area contributed by atoms with E-state index in [9.17, 15) is 4.79 Å². The zero-order chi connectivity index (χ0) is 16.1. The summed E-state index contributed by atoms with van der Waals surface area (Å²) in [4.78, 5) is 23.2. The maximum atomic E-state index is 12.7. The summed E-state index contributed by atoms with van der Waals surface area (Å²) in [6.07, 6.45) is 8.00. The van der Waals surface area contributed by atoms with Gasteiger partial charge in [0.15, 0.2) is 0 Å². The highest BCUT2D eigenvalue weighted by atomic mass is 32.1. The fraction of sp³-hybridized carbons (Fsp3) is 0.471. The van der Waals surface area contributed by atoms with E-state index in [1.165, 1.54) is 12.0 Å². The summed E-state index contributed by atoms with van der Waals surface area (Å²) in [6.45, 7) is 3.27. The number of pyridine rings is 1. The molecular formula is C17H22N4OS. The second kappa shape index (κ2) is 7.55. The van der Waals surface area contributed by atoms with Gasteiger partial charge in [0.05, 0.1) is 12.6 Å². The zero-order valence-electron chi connectivity index (χ0n) is 13.4. The van der Waals surface area contributed by atoms with Gasteiger partial charge in [0.1, 0.15) is 5.01 Å². The number of nitrogens with zero attached hydrogens (tertiary/aromatic N) is 3. The van der Waals surface area contributed by atoms with Crippen molar-refractivity contribution in [2.45, 2.75) is 45.2 Å². The van der Waals surface area contributed by atoms with Crippen molar-refractivity contribution in [2.24, 2.45) is 0 Å². The van der Waals surface area contributed by atoms with Gasteiger partial charge in [0.2, 0.25) is 0 Å². The number of nitrogens with one attached hydrogen (secondary N) is 1. The molecule has 0 radical (unpaired) electrons. The summed E-state index contributed by atoms with van der Waals surface area (Å²) in [6, 6.07) is 4.17. The normalized spacial score (nSPS) is 18.5. The van der Waals surface area contributed by atoms with Crippen molar-refractivity contribution >= 4 is 17.4 Å². The quantitative estimate of drug-likeness (QED) is 0.934. The Kier molecular flexibility index (Phi) is 5.23. The molecule has 2 amide bonds. The highest BCUT2D eigenvalue weighted by Crippen LogP contribution is 2.29. The first-order chi connectivity index (χ1) is 11.2. The molecule has 6 heteroatoms. The number of hydrogen-bond acceptors (Lipinski definition) is 4. The Bertz CT molecular complexity index is 643. The summed E-state index contributed by atoms with van der Waals surface area (Å²) in [5.74, 6) is 0. The molecule has 2 aromatic rings. The van der Waals surface area contributed by atoms with E-state index >= 15 is 0 Å². The van der Waals surface area contributed by atoms with Crippen LogP contribution in [0.5, 0.6) is 0 Å². The van der Waals surface area contributed by atoms with Crippen LogP contribution < -0.4 is 5.32 Å². The van der Waals surface area contributed by atoms with Gasteiger partial charge in [-0.05, 0) is 37.5 Å². The SMILES string of the molecule is Cc1csc(CNC(=O)N2CCCCC[C@H]2c2ccncc2)n1. The molecule has 1 N–H and O–H groups in total. The number of rotatable bonds is 3. The first kappa shape index (κ1) is 15.9. The average molecular weight is 330 g/mol. The van der Waals surface area contributed by atoms with Crippen molar-refractivity contribution in [1.82, 2.24) is 20.2 Å². The van der Waals surface area contributed by atoms with Crippen molar-refractivity contribution in [3.05, 3.63) is 46.2 Å².